The number of alkyl halides is 3. The number of halogens is 3. The zero-order valence-electron chi connectivity index (χ0n) is 14.0. The molecule has 6 nitrogen and oxygen atoms in total. The number of nitrogens with zero attached hydrogens (tertiary/aromatic N) is 4. The SMILES string of the molecule is COc1cc(C(=O)N2CCN(c3cccc(C(F)(F)F)c3)CC2)ncn1. The summed E-state index contributed by atoms with van der Waals surface area (Å²) in [7, 11) is 1.45. The van der Waals surface area contributed by atoms with Crippen LogP contribution in [-0.2, 0) is 6.18 Å². The fraction of sp³-hybridized carbons (Fsp3) is 0.353. The van der Waals surface area contributed by atoms with Crippen molar-refractivity contribution in [3.63, 3.8) is 0 Å². The molecule has 1 fully saturated rings. The Hall–Kier alpha value is -2.84. The van der Waals surface area contributed by atoms with Crippen molar-refractivity contribution in [1.29, 1.82) is 0 Å². The lowest BCUT2D eigenvalue weighted by molar-refractivity contribution is -0.137. The molecule has 1 amide bonds. The summed E-state index contributed by atoms with van der Waals surface area (Å²) in [4.78, 5) is 23.8. The first-order valence-electron chi connectivity index (χ1n) is 7.96. The molecule has 9 heteroatoms. The number of amides is 1. The number of benzene rings is 1. The molecule has 3 rings (SSSR count). The van der Waals surface area contributed by atoms with Crippen LogP contribution in [0.3, 0.4) is 0 Å². The van der Waals surface area contributed by atoms with Crippen LogP contribution in [0, 0.1) is 0 Å². The Morgan fingerprint density at radius 3 is 2.50 bits per heavy atom. The second kappa shape index (κ2) is 7.19. The molecule has 0 bridgehead atoms. The molecule has 1 aliphatic rings. The smallest absolute Gasteiger partial charge is 0.416 e. The van der Waals surface area contributed by atoms with Crippen molar-refractivity contribution in [3.8, 4) is 5.88 Å². The topological polar surface area (TPSA) is 58.6 Å². The Bertz CT molecular complexity index is 790. The maximum atomic E-state index is 12.9. The highest BCUT2D eigenvalue weighted by atomic mass is 19.4. The predicted molar refractivity (Wildman–Crippen MR) is 88.1 cm³/mol. The Balaban J connectivity index is 1.66. The van der Waals surface area contributed by atoms with E-state index in [0.717, 1.165) is 12.1 Å². The minimum Gasteiger partial charge on any atom is -0.481 e. The predicted octanol–water partition coefficient (Wildman–Crippen LogP) is 2.47. The van der Waals surface area contributed by atoms with E-state index in [4.69, 9.17) is 4.74 Å². The molecule has 1 aromatic carbocycles. The van der Waals surface area contributed by atoms with Crippen LogP contribution < -0.4 is 9.64 Å². The van der Waals surface area contributed by atoms with Crippen LogP contribution >= 0.6 is 0 Å². The van der Waals surface area contributed by atoms with E-state index in [1.807, 2.05) is 4.90 Å². The molecule has 0 aliphatic carbocycles. The van der Waals surface area contributed by atoms with Crippen LogP contribution in [0.1, 0.15) is 16.1 Å². The third-order valence-electron chi connectivity index (χ3n) is 4.18. The Labute approximate surface area is 148 Å². The fourth-order valence-electron chi connectivity index (χ4n) is 2.78. The number of methoxy groups -OCH3 is 1. The summed E-state index contributed by atoms with van der Waals surface area (Å²) in [5.74, 6) is 0.0420. The number of aromatic nitrogens is 2. The van der Waals surface area contributed by atoms with Gasteiger partial charge in [-0.15, -0.1) is 0 Å². The van der Waals surface area contributed by atoms with Crippen molar-refractivity contribution in [2.45, 2.75) is 6.18 Å². The molecule has 0 radical (unpaired) electrons. The van der Waals surface area contributed by atoms with Gasteiger partial charge in [-0.25, -0.2) is 9.97 Å². The average molecular weight is 366 g/mol. The lowest BCUT2D eigenvalue weighted by atomic mass is 10.1. The lowest BCUT2D eigenvalue weighted by Gasteiger charge is -2.36. The number of hydrogen-bond donors (Lipinski definition) is 0. The lowest BCUT2D eigenvalue weighted by Crippen LogP contribution is -2.49. The minimum atomic E-state index is -4.38. The molecule has 2 heterocycles. The summed E-state index contributed by atoms with van der Waals surface area (Å²) in [5, 5.41) is 0. The first kappa shape index (κ1) is 18.0. The number of ether oxygens (including phenoxy) is 1. The zero-order valence-corrected chi connectivity index (χ0v) is 14.0. The van der Waals surface area contributed by atoms with Gasteiger partial charge in [-0.3, -0.25) is 4.79 Å². The highest BCUT2D eigenvalue weighted by Crippen LogP contribution is 2.31. The summed E-state index contributed by atoms with van der Waals surface area (Å²) in [6.45, 7) is 1.66. The van der Waals surface area contributed by atoms with Crippen molar-refractivity contribution in [2.24, 2.45) is 0 Å². The molecular weight excluding hydrogens is 349 g/mol. The largest absolute Gasteiger partial charge is 0.481 e. The van der Waals surface area contributed by atoms with E-state index < -0.39 is 11.7 Å². The van der Waals surface area contributed by atoms with Crippen molar-refractivity contribution in [3.05, 3.63) is 47.9 Å². The van der Waals surface area contributed by atoms with E-state index in [1.165, 1.54) is 25.6 Å². The zero-order chi connectivity index (χ0) is 18.7. The second-order valence-electron chi connectivity index (χ2n) is 5.77. The van der Waals surface area contributed by atoms with Gasteiger partial charge in [0.2, 0.25) is 5.88 Å². The van der Waals surface area contributed by atoms with Crippen molar-refractivity contribution < 1.29 is 22.7 Å². The van der Waals surface area contributed by atoms with E-state index in [0.29, 0.717) is 37.7 Å². The summed E-state index contributed by atoms with van der Waals surface area (Å²) in [6, 6.07) is 6.67. The highest BCUT2D eigenvalue weighted by Gasteiger charge is 2.31. The maximum Gasteiger partial charge on any atom is 0.416 e. The number of piperazine rings is 1. The summed E-state index contributed by atoms with van der Waals surface area (Å²) >= 11 is 0. The van der Waals surface area contributed by atoms with Crippen LogP contribution in [0.2, 0.25) is 0 Å². The van der Waals surface area contributed by atoms with Gasteiger partial charge in [-0.05, 0) is 18.2 Å². The van der Waals surface area contributed by atoms with Gasteiger partial charge in [0.1, 0.15) is 12.0 Å². The average Bonchev–Trinajstić information content (AvgIpc) is 2.67. The molecule has 0 unspecified atom stereocenters. The molecule has 1 aliphatic heterocycles. The van der Waals surface area contributed by atoms with E-state index in [-0.39, 0.29) is 11.6 Å². The second-order valence-corrected chi connectivity index (χ2v) is 5.77. The first-order valence-corrected chi connectivity index (χ1v) is 7.96. The molecule has 0 saturated carbocycles. The fourth-order valence-corrected chi connectivity index (χ4v) is 2.78. The van der Waals surface area contributed by atoms with Crippen molar-refractivity contribution >= 4 is 11.6 Å². The molecule has 0 atom stereocenters. The molecule has 138 valence electrons. The number of hydrogen-bond acceptors (Lipinski definition) is 5. The van der Waals surface area contributed by atoms with Crippen molar-refractivity contribution in [1.82, 2.24) is 14.9 Å². The molecule has 1 aromatic heterocycles. The number of rotatable bonds is 3. The van der Waals surface area contributed by atoms with Crippen LogP contribution in [0.15, 0.2) is 36.7 Å². The molecule has 0 N–H and O–H groups in total. The third kappa shape index (κ3) is 3.87. The summed E-state index contributed by atoms with van der Waals surface area (Å²) < 4.78 is 43.6. The Kier molecular flexibility index (Phi) is 4.97. The molecular formula is C17H17F3N4O2. The molecule has 1 saturated heterocycles. The van der Waals surface area contributed by atoms with Gasteiger partial charge in [0.05, 0.1) is 12.7 Å². The minimum absolute atomic E-state index is 0.226. The number of anilines is 1. The first-order chi connectivity index (χ1) is 12.4. The van der Waals surface area contributed by atoms with Gasteiger partial charge >= 0.3 is 6.18 Å². The Morgan fingerprint density at radius 1 is 1.12 bits per heavy atom. The molecule has 0 spiro atoms. The summed E-state index contributed by atoms with van der Waals surface area (Å²) in [5.41, 5.74) is 0.0431. The van der Waals surface area contributed by atoms with Crippen LogP contribution in [-0.4, -0.2) is 54.1 Å². The van der Waals surface area contributed by atoms with Gasteiger partial charge in [-0.2, -0.15) is 13.2 Å². The maximum absolute atomic E-state index is 12.9. The third-order valence-corrected chi connectivity index (χ3v) is 4.18. The standard InChI is InChI=1S/C17H17F3N4O2/c1-26-15-10-14(21-11-22-15)16(25)24-7-5-23(6-8-24)13-4-2-3-12(9-13)17(18,19)20/h2-4,9-11H,5-8H2,1H3. The normalized spacial score (nSPS) is 15.1. The molecule has 26 heavy (non-hydrogen) atoms. The highest BCUT2D eigenvalue weighted by molar-refractivity contribution is 5.92. The van der Waals surface area contributed by atoms with Crippen LogP contribution in [0.5, 0.6) is 5.88 Å². The van der Waals surface area contributed by atoms with Gasteiger partial charge < -0.3 is 14.5 Å². The van der Waals surface area contributed by atoms with Crippen LogP contribution in [0.25, 0.3) is 0 Å². The van der Waals surface area contributed by atoms with Crippen molar-refractivity contribution in [2.75, 3.05) is 38.2 Å². The monoisotopic (exact) mass is 366 g/mol. The quantitative estimate of drug-likeness (QED) is 0.835. The van der Waals surface area contributed by atoms with Gasteiger partial charge in [0.15, 0.2) is 0 Å². The summed E-state index contributed by atoms with van der Waals surface area (Å²) in [6.07, 6.45) is -3.12. The van der Waals surface area contributed by atoms with Gasteiger partial charge in [0, 0.05) is 37.9 Å². The van der Waals surface area contributed by atoms with Crippen LogP contribution in [0.4, 0.5) is 18.9 Å². The van der Waals surface area contributed by atoms with Gasteiger partial charge in [0.25, 0.3) is 5.91 Å². The van der Waals surface area contributed by atoms with E-state index in [2.05, 4.69) is 9.97 Å². The number of carbonyl (C=O) groups is 1. The van der Waals surface area contributed by atoms with E-state index >= 15 is 0 Å². The van der Waals surface area contributed by atoms with E-state index in [1.54, 1.807) is 11.0 Å². The molecule has 2 aromatic rings. The van der Waals surface area contributed by atoms with E-state index in [9.17, 15) is 18.0 Å². The Morgan fingerprint density at radius 2 is 1.85 bits per heavy atom. The van der Waals surface area contributed by atoms with Gasteiger partial charge in [-0.1, -0.05) is 6.07 Å². The number of carbonyl (C=O) groups excluding carboxylic acids is 1.